The van der Waals surface area contributed by atoms with E-state index in [0.29, 0.717) is 18.2 Å². The first-order valence-corrected chi connectivity index (χ1v) is 11.2. The maximum absolute atomic E-state index is 12.0. The van der Waals surface area contributed by atoms with E-state index in [1.807, 2.05) is 25.1 Å². The molecule has 164 valence electrons. The zero-order valence-corrected chi connectivity index (χ0v) is 19.0. The summed E-state index contributed by atoms with van der Waals surface area (Å²) in [6.45, 7) is 6.64. The number of benzene rings is 2. The molecular weight excluding hydrogens is 404 g/mol. The molecule has 0 radical (unpaired) electrons. The van der Waals surface area contributed by atoms with E-state index in [2.05, 4.69) is 19.2 Å². The van der Waals surface area contributed by atoms with Crippen molar-refractivity contribution in [2.75, 3.05) is 33.9 Å². The summed E-state index contributed by atoms with van der Waals surface area (Å²) in [6.07, 6.45) is 0. The van der Waals surface area contributed by atoms with Crippen molar-refractivity contribution in [3.8, 4) is 11.5 Å². The van der Waals surface area contributed by atoms with Crippen LogP contribution in [-0.2, 0) is 14.8 Å². The molecule has 30 heavy (non-hydrogen) atoms. The SMILES string of the molecule is Cc1ccc(C(C)C)c(OCC(=O)NCCOc2ccc(S(=O)(=O)N(C)C)cc2)c1. The minimum Gasteiger partial charge on any atom is -0.492 e. The predicted octanol–water partition coefficient (Wildman–Crippen LogP) is 2.94. The Morgan fingerprint density at radius 2 is 1.73 bits per heavy atom. The van der Waals surface area contributed by atoms with Gasteiger partial charge in [-0.15, -0.1) is 0 Å². The second kappa shape index (κ2) is 10.4. The van der Waals surface area contributed by atoms with Crippen molar-refractivity contribution >= 4 is 15.9 Å². The van der Waals surface area contributed by atoms with Crippen LogP contribution >= 0.6 is 0 Å². The molecule has 2 aromatic carbocycles. The van der Waals surface area contributed by atoms with Gasteiger partial charge in [0.05, 0.1) is 11.4 Å². The van der Waals surface area contributed by atoms with E-state index in [1.54, 1.807) is 12.1 Å². The van der Waals surface area contributed by atoms with Gasteiger partial charge in [0, 0.05) is 14.1 Å². The topological polar surface area (TPSA) is 84.9 Å². The number of hydrogen-bond donors (Lipinski definition) is 1. The lowest BCUT2D eigenvalue weighted by atomic mass is 10.0. The molecule has 0 atom stereocenters. The van der Waals surface area contributed by atoms with Crippen LogP contribution in [0.4, 0.5) is 0 Å². The second-order valence-electron chi connectivity index (χ2n) is 7.44. The first kappa shape index (κ1) is 23.7. The van der Waals surface area contributed by atoms with Crippen molar-refractivity contribution in [3.63, 3.8) is 0 Å². The molecule has 0 bridgehead atoms. The van der Waals surface area contributed by atoms with Gasteiger partial charge in [0.2, 0.25) is 10.0 Å². The molecule has 0 fully saturated rings. The highest BCUT2D eigenvalue weighted by molar-refractivity contribution is 7.89. The smallest absolute Gasteiger partial charge is 0.258 e. The van der Waals surface area contributed by atoms with Gasteiger partial charge in [-0.25, -0.2) is 12.7 Å². The van der Waals surface area contributed by atoms with Gasteiger partial charge >= 0.3 is 0 Å². The second-order valence-corrected chi connectivity index (χ2v) is 9.59. The van der Waals surface area contributed by atoms with Crippen LogP contribution in [0.1, 0.15) is 30.9 Å². The van der Waals surface area contributed by atoms with Gasteiger partial charge in [0.15, 0.2) is 6.61 Å². The van der Waals surface area contributed by atoms with Gasteiger partial charge in [-0.05, 0) is 54.3 Å². The molecule has 0 saturated carbocycles. The Morgan fingerprint density at radius 1 is 1.07 bits per heavy atom. The van der Waals surface area contributed by atoms with E-state index in [1.165, 1.54) is 26.2 Å². The zero-order valence-electron chi connectivity index (χ0n) is 18.1. The Balaban J connectivity index is 1.77. The van der Waals surface area contributed by atoms with Crippen molar-refractivity contribution in [1.82, 2.24) is 9.62 Å². The Morgan fingerprint density at radius 3 is 2.33 bits per heavy atom. The van der Waals surface area contributed by atoms with Crippen molar-refractivity contribution in [3.05, 3.63) is 53.6 Å². The van der Waals surface area contributed by atoms with Crippen LogP contribution in [0.3, 0.4) is 0 Å². The van der Waals surface area contributed by atoms with E-state index >= 15 is 0 Å². The van der Waals surface area contributed by atoms with Gasteiger partial charge in [0.25, 0.3) is 5.91 Å². The van der Waals surface area contributed by atoms with Gasteiger partial charge in [-0.2, -0.15) is 0 Å². The summed E-state index contributed by atoms with van der Waals surface area (Å²) in [4.78, 5) is 12.2. The molecule has 2 rings (SSSR count). The van der Waals surface area contributed by atoms with Crippen LogP contribution in [0.25, 0.3) is 0 Å². The Kier molecular flexibility index (Phi) is 8.25. The lowest BCUT2D eigenvalue weighted by Gasteiger charge is -2.15. The first-order chi connectivity index (χ1) is 14.1. The highest BCUT2D eigenvalue weighted by Crippen LogP contribution is 2.27. The quantitative estimate of drug-likeness (QED) is 0.581. The van der Waals surface area contributed by atoms with E-state index in [4.69, 9.17) is 9.47 Å². The molecule has 2 aromatic rings. The zero-order chi connectivity index (χ0) is 22.3. The number of hydrogen-bond acceptors (Lipinski definition) is 5. The largest absolute Gasteiger partial charge is 0.492 e. The Hall–Kier alpha value is -2.58. The number of carbonyl (C=O) groups excluding carboxylic acids is 1. The molecule has 1 N–H and O–H groups in total. The number of nitrogens with zero attached hydrogens (tertiary/aromatic N) is 1. The molecule has 0 aliphatic carbocycles. The van der Waals surface area contributed by atoms with Crippen LogP contribution in [0, 0.1) is 6.92 Å². The molecule has 0 spiro atoms. The number of ether oxygens (including phenoxy) is 2. The third kappa shape index (κ3) is 6.47. The van der Waals surface area contributed by atoms with Crippen molar-refractivity contribution in [1.29, 1.82) is 0 Å². The maximum Gasteiger partial charge on any atom is 0.258 e. The van der Waals surface area contributed by atoms with Gasteiger partial charge in [-0.3, -0.25) is 4.79 Å². The molecule has 1 amide bonds. The molecule has 8 heteroatoms. The van der Waals surface area contributed by atoms with Crippen LogP contribution in [0.5, 0.6) is 11.5 Å². The predicted molar refractivity (Wildman–Crippen MR) is 117 cm³/mol. The monoisotopic (exact) mass is 434 g/mol. The molecular formula is C22H30N2O5S. The van der Waals surface area contributed by atoms with Crippen molar-refractivity contribution < 1.29 is 22.7 Å². The number of carbonyl (C=O) groups is 1. The minimum atomic E-state index is -3.46. The first-order valence-electron chi connectivity index (χ1n) is 9.76. The number of aryl methyl sites for hydroxylation is 1. The normalized spacial score (nSPS) is 11.6. The fourth-order valence-corrected chi connectivity index (χ4v) is 3.62. The van der Waals surface area contributed by atoms with Crippen molar-refractivity contribution in [2.24, 2.45) is 0 Å². The van der Waals surface area contributed by atoms with Crippen LogP contribution in [0.15, 0.2) is 47.4 Å². The molecule has 0 aromatic heterocycles. The lowest BCUT2D eigenvalue weighted by Crippen LogP contribution is -2.32. The standard InChI is InChI=1S/C22H30N2O5S/c1-16(2)20-11-6-17(3)14-21(20)29-15-22(25)23-12-13-28-18-7-9-19(10-8-18)30(26,27)24(4)5/h6-11,14,16H,12-13,15H2,1-5H3,(H,23,25). The van der Waals surface area contributed by atoms with E-state index < -0.39 is 10.0 Å². The number of nitrogens with one attached hydrogen (secondary N) is 1. The molecule has 0 saturated heterocycles. The van der Waals surface area contributed by atoms with E-state index in [9.17, 15) is 13.2 Å². The summed E-state index contributed by atoms with van der Waals surface area (Å²) in [5.41, 5.74) is 2.14. The third-order valence-corrected chi connectivity index (χ3v) is 6.27. The number of rotatable bonds is 10. The average molecular weight is 435 g/mol. The van der Waals surface area contributed by atoms with Crippen LogP contribution < -0.4 is 14.8 Å². The van der Waals surface area contributed by atoms with Crippen LogP contribution in [-0.4, -0.2) is 52.5 Å². The summed E-state index contributed by atoms with van der Waals surface area (Å²) in [5.74, 6) is 1.32. The Bertz CT molecular complexity index is 954. The molecule has 0 heterocycles. The molecule has 0 aliphatic heterocycles. The highest BCUT2D eigenvalue weighted by atomic mass is 32.2. The number of sulfonamides is 1. The number of amides is 1. The van der Waals surface area contributed by atoms with Gasteiger partial charge in [0.1, 0.15) is 18.1 Å². The van der Waals surface area contributed by atoms with Crippen LogP contribution in [0.2, 0.25) is 0 Å². The lowest BCUT2D eigenvalue weighted by molar-refractivity contribution is -0.123. The average Bonchev–Trinajstić information content (AvgIpc) is 2.69. The molecule has 0 unspecified atom stereocenters. The minimum absolute atomic E-state index is 0.0692. The fraction of sp³-hybridized carbons (Fsp3) is 0.409. The molecule has 0 aliphatic rings. The van der Waals surface area contributed by atoms with E-state index in [0.717, 1.165) is 21.2 Å². The summed E-state index contributed by atoms with van der Waals surface area (Å²) < 4.78 is 36.5. The highest BCUT2D eigenvalue weighted by Gasteiger charge is 2.16. The fourth-order valence-electron chi connectivity index (χ4n) is 2.72. The third-order valence-electron chi connectivity index (χ3n) is 4.45. The van der Waals surface area contributed by atoms with Gasteiger partial charge in [-0.1, -0.05) is 26.0 Å². The summed E-state index contributed by atoms with van der Waals surface area (Å²) >= 11 is 0. The Labute approximate surface area is 179 Å². The molecule has 7 nitrogen and oxygen atoms in total. The summed E-state index contributed by atoms with van der Waals surface area (Å²) in [5, 5.41) is 2.75. The summed E-state index contributed by atoms with van der Waals surface area (Å²) in [6, 6.07) is 12.2. The summed E-state index contributed by atoms with van der Waals surface area (Å²) in [7, 11) is -0.502. The maximum atomic E-state index is 12.0. The van der Waals surface area contributed by atoms with E-state index in [-0.39, 0.29) is 24.0 Å². The van der Waals surface area contributed by atoms with Gasteiger partial charge < -0.3 is 14.8 Å². The van der Waals surface area contributed by atoms with Crippen molar-refractivity contribution in [2.45, 2.75) is 31.6 Å².